The quantitative estimate of drug-likeness (QED) is 0.244. The van der Waals surface area contributed by atoms with Gasteiger partial charge in [0.2, 0.25) is 11.8 Å². The van der Waals surface area contributed by atoms with Gasteiger partial charge in [-0.3, -0.25) is 20.7 Å². The number of halogens is 1. The summed E-state index contributed by atoms with van der Waals surface area (Å²) in [6, 6.07) is 7.57. The zero-order valence-corrected chi connectivity index (χ0v) is 21.6. The van der Waals surface area contributed by atoms with Crippen LogP contribution < -0.4 is 4.90 Å². The second kappa shape index (κ2) is 10.8. The van der Waals surface area contributed by atoms with Gasteiger partial charge in [-0.1, -0.05) is 49.4 Å². The first-order valence-corrected chi connectivity index (χ1v) is 11.9. The summed E-state index contributed by atoms with van der Waals surface area (Å²) in [7, 11) is 0. The van der Waals surface area contributed by atoms with E-state index in [1.807, 2.05) is 31.2 Å². The molecule has 1 aliphatic rings. The Morgan fingerprint density at radius 3 is 2.26 bits per heavy atom. The third kappa shape index (κ3) is 5.79. The summed E-state index contributed by atoms with van der Waals surface area (Å²) >= 11 is 7.57. The first-order valence-electron chi connectivity index (χ1n) is 10.7. The van der Waals surface area contributed by atoms with Gasteiger partial charge in [0, 0.05) is 35.9 Å². The number of fused-ring (bicyclic) bond motifs is 1. The minimum absolute atomic E-state index is 0.224. The van der Waals surface area contributed by atoms with Crippen LogP contribution in [0.1, 0.15) is 54.1 Å². The molecule has 0 saturated carbocycles. The number of aliphatic imine (C=N–C) groups is 1. The van der Waals surface area contributed by atoms with Crippen molar-refractivity contribution in [3.05, 3.63) is 62.6 Å². The number of hydrogen-bond acceptors (Lipinski definition) is 7. The SMILES string of the molecule is CC(=N)N1C(=N)CN=C(c2ccc(Cl)cc2)c2c1sc(C#CC(C)C)c2C.Cc1nnc(C)o1. The monoisotopic (exact) mass is 494 g/mol. The third-order valence-corrected chi connectivity index (χ3v) is 6.22. The summed E-state index contributed by atoms with van der Waals surface area (Å²) in [4.78, 5) is 7.34. The molecule has 2 N–H and O–H groups in total. The van der Waals surface area contributed by atoms with Crippen LogP contribution in [-0.4, -0.2) is 34.1 Å². The zero-order valence-electron chi connectivity index (χ0n) is 20.1. The van der Waals surface area contributed by atoms with Gasteiger partial charge in [-0.05, 0) is 31.5 Å². The Kier molecular flexibility index (Phi) is 8.02. The maximum Gasteiger partial charge on any atom is 0.213 e. The molecule has 1 aromatic carbocycles. The Morgan fingerprint density at radius 2 is 1.76 bits per heavy atom. The summed E-state index contributed by atoms with van der Waals surface area (Å²) in [5.41, 5.74) is 3.76. The number of aryl methyl sites for hydroxylation is 2. The normalized spacial score (nSPS) is 12.8. The predicted octanol–water partition coefficient (Wildman–Crippen LogP) is 6.04. The number of anilines is 1. The molecular formula is C25H27ClN6OS. The van der Waals surface area contributed by atoms with E-state index in [4.69, 9.17) is 31.8 Å². The van der Waals surface area contributed by atoms with Gasteiger partial charge in [0.15, 0.2) is 0 Å². The Bertz CT molecular complexity index is 1290. The van der Waals surface area contributed by atoms with Gasteiger partial charge in [-0.15, -0.1) is 21.5 Å². The highest BCUT2D eigenvalue weighted by Gasteiger charge is 2.29. The molecule has 3 aromatic rings. The lowest BCUT2D eigenvalue weighted by Crippen LogP contribution is -2.35. The van der Waals surface area contributed by atoms with Crippen LogP contribution in [0.5, 0.6) is 0 Å². The van der Waals surface area contributed by atoms with Crippen LogP contribution in [-0.2, 0) is 0 Å². The fraction of sp³-hybridized carbons (Fsp3) is 0.320. The molecule has 0 saturated heterocycles. The van der Waals surface area contributed by atoms with Crippen molar-refractivity contribution in [1.29, 1.82) is 10.8 Å². The van der Waals surface area contributed by atoms with Crippen LogP contribution in [0.2, 0.25) is 5.02 Å². The molecule has 0 aliphatic carbocycles. The number of amidine groups is 2. The molecule has 0 bridgehead atoms. The molecule has 0 radical (unpaired) electrons. The Labute approximate surface area is 208 Å². The fourth-order valence-electron chi connectivity index (χ4n) is 3.28. The Morgan fingerprint density at radius 1 is 1.15 bits per heavy atom. The predicted molar refractivity (Wildman–Crippen MR) is 140 cm³/mol. The summed E-state index contributed by atoms with van der Waals surface area (Å²) in [5.74, 6) is 8.60. The highest BCUT2D eigenvalue weighted by Crippen LogP contribution is 2.39. The first-order chi connectivity index (χ1) is 16.1. The van der Waals surface area contributed by atoms with Crippen molar-refractivity contribution in [3.63, 3.8) is 0 Å². The molecule has 0 spiro atoms. The van der Waals surface area contributed by atoms with Crippen molar-refractivity contribution < 1.29 is 4.42 Å². The Balaban J connectivity index is 0.000000396. The second-order valence-corrected chi connectivity index (χ2v) is 9.48. The molecule has 176 valence electrons. The number of nitrogens with one attached hydrogen (secondary N) is 2. The molecule has 1 aliphatic heterocycles. The van der Waals surface area contributed by atoms with Crippen LogP contribution in [0.25, 0.3) is 0 Å². The average molecular weight is 495 g/mol. The van der Waals surface area contributed by atoms with Gasteiger partial charge in [0.25, 0.3) is 0 Å². The van der Waals surface area contributed by atoms with Crippen molar-refractivity contribution in [2.45, 2.75) is 41.5 Å². The van der Waals surface area contributed by atoms with Crippen molar-refractivity contribution in [3.8, 4) is 11.8 Å². The topological polar surface area (TPSA) is 102 Å². The molecular weight excluding hydrogens is 468 g/mol. The minimum Gasteiger partial charge on any atom is -0.426 e. The van der Waals surface area contributed by atoms with Crippen molar-refractivity contribution in [2.75, 3.05) is 11.4 Å². The van der Waals surface area contributed by atoms with Gasteiger partial charge in [0.05, 0.1) is 17.1 Å². The zero-order chi connectivity index (χ0) is 25.0. The van der Waals surface area contributed by atoms with E-state index >= 15 is 0 Å². The fourth-order valence-corrected chi connectivity index (χ4v) is 4.66. The van der Waals surface area contributed by atoms with Crippen molar-refractivity contribution >= 4 is 45.3 Å². The molecule has 2 aromatic heterocycles. The number of hydrogen-bond donors (Lipinski definition) is 2. The molecule has 0 unspecified atom stereocenters. The van der Waals surface area contributed by atoms with Gasteiger partial charge < -0.3 is 4.42 Å². The number of thiophene rings is 1. The highest BCUT2D eigenvalue weighted by atomic mass is 35.5. The number of rotatable bonds is 1. The third-order valence-electron chi connectivity index (χ3n) is 4.78. The van der Waals surface area contributed by atoms with Crippen LogP contribution >= 0.6 is 22.9 Å². The lowest BCUT2D eigenvalue weighted by Gasteiger charge is -2.20. The summed E-state index contributed by atoms with van der Waals surface area (Å²) < 4.78 is 4.86. The second-order valence-electron chi connectivity index (χ2n) is 8.04. The number of benzene rings is 1. The van der Waals surface area contributed by atoms with E-state index in [9.17, 15) is 0 Å². The standard InChI is InChI=1S/C21H21ClN4S.C4H6N2O/c1-12(2)5-10-17-13(3)19-20(15-6-8-16(22)9-7-15)25-11-18(24)26(14(4)23)21(19)27-17;1-3-5-6-4(2)7-3/h6-9,12,23-24H,11H2,1-4H3;1-2H3. The van der Waals surface area contributed by atoms with E-state index in [0.717, 1.165) is 32.3 Å². The summed E-state index contributed by atoms with van der Waals surface area (Å²) in [6.45, 7) is 11.6. The van der Waals surface area contributed by atoms with Crippen LogP contribution in [0.3, 0.4) is 0 Å². The van der Waals surface area contributed by atoms with E-state index in [2.05, 4.69) is 35.9 Å². The Hall–Kier alpha value is -3.28. The molecule has 0 fully saturated rings. The summed E-state index contributed by atoms with van der Waals surface area (Å²) in [6.07, 6.45) is 0. The summed E-state index contributed by atoms with van der Waals surface area (Å²) in [5, 5.41) is 25.3. The molecule has 4 rings (SSSR count). The lowest BCUT2D eigenvalue weighted by atomic mass is 9.99. The van der Waals surface area contributed by atoms with E-state index in [-0.39, 0.29) is 18.3 Å². The van der Waals surface area contributed by atoms with Gasteiger partial charge in [-0.2, -0.15) is 0 Å². The van der Waals surface area contributed by atoms with Crippen LogP contribution in [0.15, 0.2) is 33.7 Å². The van der Waals surface area contributed by atoms with Crippen molar-refractivity contribution in [2.24, 2.45) is 10.9 Å². The minimum atomic E-state index is 0.224. The first kappa shape index (κ1) is 25.3. The molecule has 3 heterocycles. The van der Waals surface area contributed by atoms with Crippen molar-refractivity contribution in [1.82, 2.24) is 10.2 Å². The smallest absolute Gasteiger partial charge is 0.213 e. The average Bonchev–Trinajstić information content (AvgIpc) is 3.25. The molecule has 34 heavy (non-hydrogen) atoms. The van der Waals surface area contributed by atoms with Gasteiger partial charge in [0.1, 0.15) is 16.7 Å². The number of nitrogens with zero attached hydrogens (tertiary/aromatic N) is 4. The number of aromatic nitrogens is 2. The van der Waals surface area contributed by atoms with Gasteiger partial charge >= 0.3 is 0 Å². The molecule has 0 atom stereocenters. The van der Waals surface area contributed by atoms with E-state index in [0.29, 0.717) is 22.6 Å². The van der Waals surface area contributed by atoms with E-state index in [1.165, 1.54) is 11.3 Å². The van der Waals surface area contributed by atoms with E-state index < -0.39 is 0 Å². The van der Waals surface area contributed by atoms with Gasteiger partial charge in [-0.25, -0.2) is 0 Å². The van der Waals surface area contributed by atoms with Crippen LogP contribution in [0, 0.1) is 49.3 Å². The highest BCUT2D eigenvalue weighted by molar-refractivity contribution is 7.17. The maximum atomic E-state index is 8.41. The maximum absolute atomic E-state index is 8.41. The lowest BCUT2D eigenvalue weighted by molar-refractivity contribution is 0.489. The van der Waals surface area contributed by atoms with Crippen LogP contribution in [0.4, 0.5) is 5.00 Å². The largest absolute Gasteiger partial charge is 0.426 e. The molecule has 9 heteroatoms. The molecule has 0 amide bonds. The molecule has 7 nitrogen and oxygen atoms in total. The van der Waals surface area contributed by atoms with E-state index in [1.54, 1.807) is 25.7 Å².